The normalized spacial score (nSPS) is 11.3. The molecule has 0 aliphatic heterocycles. The topological polar surface area (TPSA) is 36.9 Å². The van der Waals surface area contributed by atoms with Crippen LogP contribution in [0.25, 0.3) is 0 Å². The smallest absolute Gasteiger partial charge is 0.193 e. The molecule has 0 saturated carbocycles. The first-order valence-electron chi connectivity index (χ1n) is 7.87. The monoisotopic (exact) mass is 311 g/mol. The van der Waals surface area contributed by atoms with Crippen LogP contribution in [-0.4, -0.2) is 38.1 Å². The van der Waals surface area contributed by atoms with Crippen LogP contribution in [0, 0.1) is 0 Å². The standard InChI is InChI=1S/C19H25N3O/c1-20-19(22(2)15-17-9-5-3-6-10-17)21-13-14-23-16-18-11-7-4-8-12-18/h3-12H,13-16H2,1-2H3,(H,20,21). The number of ether oxygens (including phenoxy) is 1. The molecule has 0 aromatic heterocycles. The van der Waals surface area contributed by atoms with Crippen LogP contribution in [0.3, 0.4) is 0 Å². The molecule has 0 atom stereocenters. The lowest BCUT2D eigenvalue weighted by Gasteiger charge is -2.22. The summed E-state index contributed by atoms with van der Waals surface area (Å²) < 4.78 is 5.68. The second kappa shape index (κ2) is 9.64. The van der Waals surface area contributed by atoms with Gasteiger partial charge in [0.25, 0.3) is 0 Å². The zero-order valence-electron chi connectivity index (χ0n) is 13.9. The average Bonchev–Trinajstić information content (AvgIpc) is 2.60. The van der Waals surface area contributed by atoms with Crippen LogP contribution in [0.15, 0.2) is 65.7 Å². The van der Waals surface area contributed by atoms with Gasteiger partial charge < -0.3 is 15.0 Å². The molecule has 0 fully saturated rings. The van der Waals surface area contributed by atoms with Crippen molar-refractivity contribution in [2.45, 2.75) is 13.2 Å². The maximum absolute atomic E-state index is 5.68. The molecule has 122 valence electrons. The molecule has 0 unspecified atom stereocenters. The summed E-state index contributed by atoms with van der Waals surface area (Å²) in [5, 5.41) is 3.33. The van der Waals surface area contributed by atoms with E-state index in [-0.39, 0.29) is 0 Å². The predicted octanol–water partition coefficient (Wildman–Crippen LogP) is 2.91. The Kier molecular flexibility index (Phi) is 7.14. The Bertz CT molecular complexity index is 584. The first-order valence-corrected chi connectivity index (χ1v) is 7.87. The van der Waals surface area contributed by atoms with Crippen molar-refractivity contribution in [3.63, 3.8) is 0 Å². The molecule has 0 heterocycles. The van der Waals surface area contributed by atoms with E-state index in [1.165, 1.54) is 11.1 Å². The van der Waals surface area contributed by atoms with E-state index in [4.69, 9.17) is 4.74 Å². The molecule has 0 bridgehead atoms. The van der Waals surface area contributed by atoms with Gasteiger partial charge in [-0.05, 0) is 11.1 Å². The van der Waals surface area contributed by atoms with E-state index < -0.39 is 0 Å². The van der Waals surface area contributed by atoms with E-state index in [0.717, 1.165) is 19.0 Å². The maximum atomic E-state index is 5.68. The van der Waals surface area contributed by atoms with Gasteiger partial charge in [0.2, 0.25) is 0 Å². The molecule has 2 aromatic rings. The number of nitrogens with zero attached hydrogens (tertiary/aromatic N) is 2. The molecule has 4 nitrogen and oxygen atoms in total. The van der Waals surface area contributed by atoms with Crippen molar-refractivity contribution < 1.29 is 4.74 Å². The highest BCUT2D eigenvalue weighted by atomic mass is 16.5. The van der Waals surface area contributed by atoms with Crippen molar-refractivity contribution in [2.24, 2.45) is 4.99 Å². The largest absolute Gasteiger partial charge is 0.375 e. The van der Waals surface area contributed by atoms with Gasteiger partial charge in [-0.3, -0.25) is 4.99 Å². The fraction of sp³-hybridized carbons (Fsp3) is 0.316. The summed E-state index contributed by atoms with van der Waals surface area (Å²) in [6, 6.07) is 20.6. The van der Waals surface area contributed by atoms with Gasteiger partial charge in [0.1, 0.15) is 0 Å². The Balaban J connectivity index is 1.68. The summed E-state index contributed by atoms with van der Waals surface area (Å²) >= 11 is 0. The highest BCUT2D eigenvalue weighted by Gasteiger charge is 2.05. The van der Waals surface area contributed by atoms with Gasteiger partial charge in [0.05, 0.1) is 13.2 Å². The molecular weight excluding hydrogens is 286 g/mol. The number of hydrogen-bond donors (Lipinski definition) is 1. The minimum Gasteiger partial charge on any atom is -0.375 e. The number of nitrogens with one attached hydrogen (secondary N) is 1. The Morgan fingerprint density at radius 3 is 2.22 bits per heavy atom. The Hall–Kier alpha value is -2.33. The number of hydrogen-bond acceptors (Lipinski definition) is 2. The van der Waals surface area contributed by atoms with Crippen LogP contribution >= 0.6 is 0 Å². The fourth-order valence-corrected chi connectivity index (χ4v) is 2.32. The first kappa shape index (κ1) is 17.0. The SMILES string of the molecule is CN=C(NCCOCc1ccccc1)N(C)Cc1ccccc1. The number of rotatable bonds is 7. The second-order valence-corrected chi connectivity index (χ2v) is 5.35. The quantitative estimate of drug-likeness (QED) is 0.485. The number of benzene rings is 2. The van der Waals surface area contributed by atoms with Gasteiger partial charge in [0, 0.05) is 27.2 Å². The molecule has 1 N–H and O–H groups in total. The molecule has 0 amide bonds. The van der Waals surface area contributed by atoms with Crippen molar-refractivity contribution in [3.05, 3.63) is 71.8 Å². The van der Waals surface area contributed by atoms with Crippen molar-refractivity contribution in [1.29, 1.82) is 0 Å². The third-order valence-corrected chi connectivity index (χ3v) is 3.48. The zero-order valence-corrected chi connectivity index (χ0v) is 13.9. The van der Waals surface area contributed by atoms with Crippen LogP contribution < -0.4 is 5.32 Å². The molecule has 23 heavy (non-hydrogen) atoms. The van der Waals surface area contributed by atoms with Crippen molar-refractivity contribution >= 4 is 5.96 Å². The fourth-order valence-electron chi connectivity index (χ4n) is 2.32. The van der Waals surface area contributed by atoms with E-state index in [9.17, 15) is 0 Å². The highest BCUT2D eigenvalue weighted by Crippen LogP contribution is 2.03. The minimum atomic E-state index is 0.640. The van der Waals surface area contributed by atoms with Gasteiger partial charge in [0.15, 0.2) is 5.96 Å². The molecule has 0 aliphatic carbocycles. The number of guanidine groups is 1. The highest BCUT2D eigenvalue weighted by molar-refractivity contribution is 5.79. The van der Waals surface area contributed by atoms with Crippen molar-refractivity contribution in [1.82, 2.24) is 10.2 Å². The van der Waals surface area contributed by atoms with Gasteiger partial charge in [-0.2, -0.15) is 0 Å². The molecule has 0 radical (unpaired) electrons. The molecule has 4 heteroatoms. The van der Waals surface area contributed by atoms with Crippen molar-refractivity contribution in [3.8, 4) is 0 Å². The lowest BCUT2D eigenvalue weighted by Crippen LogP contribution is -2.39. The third-order valence-electron chi connectivity index (χ3n) is 3.48. The van der Waals surface area contributed by atoms with E-state index in [2.05, 4.69) is 51.6 Å². The molecule has 0 saturated heterocycles. The molecule has 2 aromatic carbocycles. The van der Waals surface area contributed by atoms with E-state index in [1.807, 2.05) is 31.3 Å². The zero-order chi connectivity index (χ0) is 16.3. The van der Waals surface area contributed by atoms with E-state index in [1.54, 1.807) is 7.05 Å². The second-order valence-electron chi connectivity index (χ2n) is 5.35. The minimum absolute atomic E-state index is 0.640. The first-order chi connectivity index (χ1) is 11.3. The van der Waals surface area contributed by atoms with E-state index >= 15 is 0 Å². The van der Waals surface area contributed by atoms with Gasteiger partial charge in [-0.25, -0.2) is 0 Å². The van der Waals surface area contributed by atoms with Crippen molar-refractivity contribution in [2.75, 3.05) is 27.2 Å². The summed E-state index contributed by atoms with van der Waals surface area (Å²) in [6.07, 6.45) is 0. The number of aliphatic imine (C=N–C) groups is 1. The molecule has 0 aliphatic rings. The summed E-state index contributed by atoms with van der Waals surface area (Å²) in [5.41, 5.74) is 2.45. The third kappa shape index (κ3) is 6.12. The summed E-state index contributed by atoms with van der Waals surface area (Å²) in [4.78, 5) is 6.42. The molecular formula is C19H25N3O. The Labute approximate surface area is 138 Å². The lowest BCUT2D eigenvalue weighted by molar-refractivity contribution is 0.125. The van der Waals surface area contributed by atoms with Gasteiger partial charge in [-0.15, -0.1) is 0 Å². The molecule has 2 rings (SSSR count). The summed E-state index contributed by atoms with van der Waals surface area (Å²) in [5.74, 6) is 0.872. The van der Waals surface area contributed by atoms with Crippen LogP contribution in [-0.2, 0) is 17.9 Å². The van der Waals surface area contributed by atoms with E-state index in [0.29, 0.717) is 13.2 Å². The average molecular weight is 311 g/mol. The molecule has 0 spiro atoms. The Morgan fingerprint density at radius 1 is 1.00 bits per heavy atom. The maximum Gasteiger partial charge on any atom is 0.193 e. The van der Waals surface area contributed by atoms with Crippen LogP contribution in [0.5, 0.6) is 0 Å². The van der Waals surface area contributed by atoms with Gasteiger partial charge in [-0.1, -0.05) is 60.7 Å². The van der Waals surface area contributed by atoms with Crippen LogP contribution in [0.4, 0.5) is 0 Å². The summed E-state index contributed by atoms with van der Waals surface area (Å²) in [6.45, 7) is 2.85. The lowest BCUT2D eigenvalue weighted by atomic mass is 10.2. The summed E-state index contributed by atoms with van der Waals surface area (Å²) in [7, 11) is 3.84. The van der Waals surface area contributed by atoms with Crippen LogP contribution in [0.2, 0.25) is 0 Å². The van der Waals surface area contributed by atoms with Gasteiger partial charge >= 0.3 is 0 Å². The van der Waals surface area contributed by atoms with Crippen LogP contribution in [0.1, 0.15) is 11.1 Å². The predicted molar refractivity (Wildman–Crippen MR) is 95.4 cm³/mol. The Morgan fingerprint density at radius 2 is 1.61 bits per heavy atom.